The van der Waals surface area contributed by atoms with Gasteiger partial charge in [-0.25, -0.2) is 0 Å². The third kappa shape index (κ3) is 3.78. The van der Waals surface area contributed by atoms with Crippen LogP contribution in [0.25, 0.3) is 0 Å². The second-order valence-corrected chi connectivity index (χ2v) is 13.1. The molecule has 4 fully saturated rings. The molecule has 0 bridgehead atoms. The summed E-state index contributed by atoms with van der Waals surface area (Å²) in [6, 6.07) is 2.21. The molecule has 1 heterocycles. The minimum Gasteiger partial charge on any atom is -0.390 e. The Morgan fingerprint density at radius 3 is 2.64 bits per heavy atom. The molecule has 4 nitrogen and oxygen atoms in total. The SMILES string of the molecule is CCC[C@@]1(O)CC[C@@]2(C)[C@H](CC[C@@H]3[C@@H]2CC[C@]2(C)[C@@H]([C@H](C)Cn4cc(C#N)cn4)CC[C@@H]32)C1. The van der Waals surface area contributed by atoms with Crippen LogP contribution >= 0.6 is 0 Å². The topological polar surface area (TPSA) is 61.8 Å². The molecule has 1 aromatic heterocycles. The molecule has 0 spiro atoms. The molecule has 33 heavy (non-hydrogen) atoms. The summed E-state index contributed by atoms with van der Waals surface area (Å²) in [6.45, 7) is 10.8. The van der Waals surface area contributed by atoms with E-state index in [1.54, 1.807) is 6.20 Å². The molecule has 4 aliphatic rings. The van der Waals surface area contributed by atoms with E-state index in [0.717, 1.165) is 61.8 Å². The Morgan fingerprint density at radius 2 is 1.91 bits per heavy atom. The number of aromatic nitrogens is 2. The van der Waals surface area contributed by atoms with Gasteiger partial charge in [-0.05, 0) is 111 Å². The Kier molecular flexibility index (Phi) is 5.96. The van der Waals surface area contributed by atoms with Crippen LogP contribution in [0.2, 0.25) is 0 Å². The van der Waals surface area contributed by atoms with E-state index in [9.17, 15) is 5.11 Å². The van der Waals surface area contributed by atoms with Crippen molar-refractivity contribution in [1.29, 1.82) is 5.26 Å². The Hall–Kier alpha value is -1.34. The normalized spacial score (nSPS) is 45.5. The lowest BCUT2D eigenvalue weighted by Gasteiger charge is -2.62. The summed E-state index contributed by atoms with van der Waals surface area (Å²) in [4.78, 5) is 0. The summed E-state index contributed by atoms with van der Waals surface area (Å²) in [6.07, 6.45) is 17.2. The van der Waals surface area contributed by atoms with Crippen LogP contribution in [-0.2, 0) is 6.54 Å². The van der Waals surface area contributed by atoms with Crippen LogP contribution in [0.5, 0.6) is 0 Å². The second kappa shape index (κ2) is 8.40. The van der Waals surface area contributed by atoms with Gasteiger partial charge in [0, 0.05) is 12.7 Å². The average molecular weight is 452 g/mol. The average Bonchev–Trinajstić information content (AvgIpc) is 3.38. The summed E-state index contributed by atoms with van der Waals surface area (Å²) in [5, 5.41) is 24.8. The van der Waals surface area contributed by atoms with Gasteiger partial charge >= 0.3 is 0 Å². The van der Waals surface area contributed by atoms with Crippen LogP contribution in [0.4, 0.5) is 0 Å². The van der Waals surface area contributed by atoms with E-state index in [2.05, 4.69) is 38.9 Å². The zero-order valence-electron chi connectivity index (χ0n) is 21.4. The Labute approximate surface area is 201 Å². The lowest BCUT2D eigenvalue weighted by Crippen LogP contribution is -2.56. The lowest BCUT2D eigenvalue weighted by atomic mass is 9.43. The molecule has 4 aliphatic carbocycles. The van der Waals surface area contributed by atoms with Crippen molar-refractivity contribution in [2.24, 2.45) is 46.3 Å². The van der Waals surface area contributed by atoms with Gasteiger partial charge in [0.05, 0.1) is 17.4 Å². The van der Waals surface area contributed by atoms with Gasteiger partial charge in [0.1, 0.15) is 6.07 Å². The maximum atomic E-state index is 11.2. The molecular weight excluding hydrogens is 406 g/mol. The number of hydrogen-bond donors (Lipinski definition) is 1. The van der Waals surface area contributed by atoms with Crippen LogP contribution in [0, 0.1) is 57.7 Å². The van der Waals surface area contributed by atoms with Crippen molar-refractivity contribution in [3.8, 4) is 6.07 Å². The van der Waals surface area contributed by atoms with Crippen molar-refractivity contribution in [3.63, 3.8) is 0 Å². The fourth-order valence-electron chi connectivity index (χ4n) is 9.93. The fraction of sp³-hybridized carbons (Fsp3) is 0.862. The summed E-state index contributed by atoms with van der Waals surface area (Å²) >= 11 is 0. The highest BCUT2D eigenvalue weighted by Gasteiger charge is 2.61. The van der Waals surface area contributed by atoms with Gasteiger partial charge in [-0.15, -0.1) is 0 Å². The van der Waals surface area contributed by atoms with E-state index >= 15 is 0 Å². The summed E-state index contributed by atoms with van der Waals surface area (Å²) in [5.41, 5.74) is 1.17. The van der Waals surface area contributed by atoms with Gasteiger partial charge < -0.3 is 5.11 Å². The molecule has 182 valence electrons. The summed E-state index contributed by atoms with van der Waals surface area (Å²) in [5.74, 6) is 4.68. The highest BCUT2D eigenvalue weighted by Crippen LogP contribution is 2.69. The predicted molar refractivity (Wildman–Crippen MR) is 131 cm³/mol. The van der Waals surface area contributed by atoms with E-state index in [1.165, 1.54) is 44.9 Å². The molecule has 0 amide bonds. The second-order valence-electron chi connectivity index (χ2n) is 13.1. The number of fused-ring (bicyclic) bond motifs is 5. The standard InChI is InChI=1S/C29H45N3O/c1-5-11-29(33)14-13-27(3)22(15-29)6-7-23-25-9-8-24(28(25,4)12-10-26(23)27)20(2)18-32-19-21(16-30)17-31-32/h17,19-20,22-26,33H,5-15,18H2,1-4H3/t20-,22-,23+,24-,25+,26+,27+,28-,29-/m1/s1. The first-order valence-electron chi connectivity index (χ1n) is 13.9. The van der Waals surface area contributed by atoms with Crippen molar-refractivity contribution in [1.82, 2.24) is 9.78 Å². The quantitative estimate of drug-likeness (QED) is 0.550. The van der Waals surface area contributed by atoms with Crippen LogP contribution in [0.15, 0.2) is 12.4 Å². The number of rotatable bonds is 5. The smallest absolute Gasteiger partial charge is 0.102 e. The molecule has 0 radical (unpaired) electrons. The van der Waals surface area contributed by atoms with E-state index in [1.807, 2.05) is 10.9 Å². The molecule has 0 aliphatic heterocycles. The molecule has 0 aromatic carbocycles. The number of nitrogens with zero attached hydrogens (tertiary/aromatic N) is 3. The highest BCUT2D eigenvalue weighted by molar-refractivity contribution is 5.21. The lowest BCUT2D eigenvalue weighted by molar-refractivity contribution is -0.153. The van der Waals surface area contributed by atoms with Crippen LogP contribution < -0.4 is 0 Å². The maximum absolute atomic E-state index is 11.2. The molecule has 5 rings (SSSR count). The number of aliphatic hydroxyl groups is 1. The zero-order chi connectivity index (χ0) is 23.4. The van der Waals surface area contributed by atoms with Crippen molar-refractivity contribution in [2.45, 2.75) is 110 Å². The maximum Gasteiger partial charge on any atom is 0.102 e. The van der Waals surface area contributed by atoms with E-state index in [4.69, 9.17) is 5.26 Å². The molecular formula is C29H45N3O. The van der Waals surface area contributed by atoms with Crippen molar-refractivity contribution >= 4 is 0 Å². The zero-order valence-corrected chi connectivity index (χ0v) is 21.4. The van der Waals surface area contributed by atoms with Gasteiger partial charge in [0.25, 0.3) is 0 Å². The third-order valence-electron chi connectivity index (χ3n) is 11.5. The molecule has 9 atom stereocenters. The monoisotopic (exact) mass is 451 g/mol. The van der Waals surface area contributed by atoms with Gasteiger partial charge in [-0.2, -0.15) is 10.4 Å². The number of hydrogen-bond acceptors (Lipinski definition) is 3. The molecule has 1 N–H and O–H groups in total. The fourth-order valence-corrected chi connectivity index (χ4v) is 9.93. The Balaban J connectivity index is 1.31. The van der Waals surface area contributed by atoms with Crippen LogP contribution in [0.3, 0.4) is 0 Å². The molecule has 1 aromatic rings. The largest absolute Gasteiger partial charge is 0.390 e. The van der Waals surface area contributed by atoms with E-state index < -0.39 is 0 Å². The summed E-state index contributed by atoms with van der Waals surface area (Å²) in [7, 11) is 0. The Bertz CT molecular complexity index is 903. The van der Waals surface area contributed by atoms with Gasteiger partial charge in [-0.1, -0.05) is 34.1 Å². The van der Waals surface area contributed by atoms with Gasteiger partial charge in [0.15, 0.2) is 0 Å². The molecule has 0 saturated heterocycles. The molecule has 4 heteroatoms. The van der Waals surface area contributed by atoms with Crippen LogP contribution in [-0.4, -0.2) is 20.5 Å². The van der Waals surface area contributed by atoms with E-state index in [-0.39, 0.29) is 5.60 Å². The summed E-state index contributed by atoms with van der Waals surface area (Å²) < 4.78 is 2.00. The first kappa shape index (κ1) is 23.4. The van der Waals surface area contributed by atoms with Crippen molar-refractivity contribution < 1.29 is 5.11 Å². The molecule has 0 unspecified atom stereocenters. The third-order valence-corrected chi connectivity index (χ3v) is 11.5. The minimum atomic E-state index is -0.388. The van der Waals surface area contributed by atoms with Gasteiger partial charge in [-0.3, -0.25) is 4.68 Å². The predicted octanol–water partition coefficient (Wildman–Crippen LogP) is 6.58. The van der Waals surface area contributed by atoms with Crippen molar-refractivity contribution in [3.05, 3.63) is 18.0 Å². The van der Waals surface area contributed by atoms with Gasteiger partial charge in [0.2, 0.25) is 0 Å². The van der Waals surface area contributed by atoms with Crippen molar-refractivity contribution in [2.75, 3.05) is 0 Å². The number of nitriles is 1. The highest BCUT2D eigenvalue weighted by atomic mass is 16.3. The Morgan fingerprint density at radius 1 is 1.12 bits per heavy atom. The minimum absolute atomic E-state index is 0.388. The van der Waals surface area contributed by atoms with E-state index in [0.29, 0.717) is 22.3 Å². The van der Waals surface area contributed by atoms with Crippen LogP contribution in [0.1, 0.15) is 104 Å². The first-order valence-corrected chi connectivity index (χ1v) is 13.9. The molecule has 4 saturated carbocycles. The first-order chi connectivity index (χ1) is 15.7.